The predicted molar refractivity (Wildman–Crippen MR) is 73.5 cm³/mol. The van der Waals surface area contributed by atoms with Crippen LogP contribution in [0.1, 0.15) is 50.7 Å². The molecule has 1 saturated carbocycles. The molecule has 1 N–H and O–H groups in total. The van der Waals surface area contributed by atoms with Gasteiger partial charge >= 0.3 is 0 Å². The third-order valence-corrected chi connectivity index (χ3v) is 4.54. The highest BCUT2D eigenvalue weighted by Gasteiger charge is 2.40. The smallest absolute Gasteiger partial charge is 0.123 e. The number of hydrogen-bond acceptors (Lipinski definition) is 2. The number of morpholine rings is 1. The lowest BCUT2D eigenvalue weighted by Crippen LogP contribution is -2.59. The van der Waals surface area contributed by atoms with Gasteiger partial charge in [0.15, 0.2) is 0 Å². The number of hydrogen-bond donors (Lipinski definition) is 1. The third kappa shape index (κ3) is 2.67. The first-order chi connectivity index (χ1) is 9.19. The largest absolute Gasteiger partial charge is 0.370 e. The van der Waals surface area contributed by atoms with E-state index in [9.17, 15) is 4.39 Å². The van der Waals surface area contributed by atoms with Gasteiger partial charge in [-0.25, -0.2) is 4.39 Å². The van der Waals surface area contributed by atoms with Crippen molar-refractivity contribution in [3.63, 3.8) is 0 Å². The molecule has 0 amide bonds. The Hall–Kier alpha value is -0.930. The summed E-state index contributed by atoms with van der Waals surface area (Å²) in [6, 6.07) is 6.96. The van der Waals surface area contributed by atoms with Gasteiger partial charge in [0.05, 0.1) is 12.7 Å². The normalized spacial score (nSPS) is 30.4. The first-order valence-electron chi connectivity index (χ1n) is 7.33. The molecule has 2 nitrogen and oxygen atoms in total. The van der Waals surface area contributed by atoms with Crippen molar-refractivity contribution in [1.82, 2.24) is 5.32 Å². The number of rotatable bonds is 1. The van der Waals surface area contributed by atoms with E-state index in [0.717, 1.165) is 12.2 Å². The Bertz CT molecular complexity index is 425. The van der Waals surface area contributed by atoms with E-state index in [1.54, 1.807) is 0 Å². The van der Waals surface area contributed by atoms with Crippen LogP contribution in [0, 0.1) is 5.82 Å². The maximum Gasteiger partial charge on any atom is 0.123 e. The molecule has 3 heteroatoms. The Kier molecular flexibility index (Phi) is 3.59. The van der Waals surface area contributed by atoms with E-state index in [1.807, 2.05) is 12.1 Å². The summed E-state index contributed by atoms with van der Waals surface area (Å²) in [7, 11) is 0. The van der Waals surface area contributed by atoms with Gasteiger partial charge in [-0.05, 0) is 37.5 Å². The summed E-state index contributed by atoms with van der Waals surface area (Å²) in [5.41, 5.74) is 1.25. The third-order valence-electron chi connectivity index (χ3n) is 4.54. The van der Waals surface area contributed by atoms with Crippen LogP contribution in [0.2, 0.25) is 0 Å². The van der Waals surface area contributed by atoms with Gasteiger partial charge in [0.1, 0.15) is 5.82 Å². The Morgan fingerprint density at radius 1 is 1.16 bits per heavy atom. The Balaban J connectivity index is 1.72. The van der Waals surface area contributed by atoms with Crippen LogP contribution in [0.5, 0.6) is 0 Å². The lowest BCUT2D eigenvalue weighted by atomic mass is 9.80. The van der Waals surface area contributed by atoms with Crippen molar-refractivity contribution in [2.24, 2.45) is 0 Å². The summed E-state index contributed by atoms with van der Waals surface area (Å²) in [6.45, 7) is 2.95. The van der Waals surface area contributed by atoms with Crippen LogP contribution < -0.4 is 5.32 Å². The highest BCUT2D eigenvalue weighted by Crippen LogP contribution is 2.36. The Morgan fingerprint density at radius 3 is 2.47 bits per heavy atom. The van der Waals surface area contributed by atoms with Crippen molar-refractivity contribution in [1.29, 1.82) is 0 Å². The summed E-state index contributed by atoms with van der Waals surface area (Å²) >= 11 is 0. The number of halogens is 1. The molecule has 19 heavy (non-hydrogen) atoms. The zero-order valence-electron chi connectivity index (χ0n) is 11.5. The van der Waals surface area contributed by atoms with Crippen molar-refractivity contribution in [2.45, 2.75) is 56.7 Å². The van der Waals surface area contributed by atoms with Crippen molar-refractivity contribution < 1.29 is 9.13 Å². The maximum atomic E-state index is 13.0. The second-order valence-electron chi connectivity index (χ2n) is 6.06. The highest BCUT2D eigenvalue weighted by molar-refractivity contribution is 5.21. The van der Waals surface area contributed by atoms with E-state index in [1.165, 1.54) is 44.2 Å². The molecule has 0 aromatic heterocycles. The fourth-order valence-corrected chi connectivity index (χ4v) is 3.55. The molecule has 2 atom stereocenters. The zero-order chi connectivity index (χ0) is 13.3. The molecular weight excluding hydrogens is 241 g/mol. The molecule has 2 unspecified atom stereocenters. The number of benzene rings is 1. The molecule has 1 aliphatic carbocycles. The SMILES string of the molecule is CC1NC2(CCCCC2)COC1c1ccc(F)cc1. The molecule has 1 aliphatic heterocycles. The van der Waals surface area contributed by atoms with Crippen molar-refractivity contribution in [2.75, 3.05) is 6.61 Å². The zero-order valence-corrected chi connectivity index (χ0v) is 11.5. The maximum absolute atomic E-state index is 13.0. The molecule has 1 aromatic carbocycles. The monoisotopic (exact) mass is 263 g/mol. The van der Waals surface area contributed by atoms with Gasteiger partial charge in [-0.1, -0.05) is 31.4 Å². The van der Waals surface area contributed by atoms with Gasteiger partial charge < -0.3 is 10.1 Å². The molecule has 104 valence electrons. The quantitative estimate of drug-likeness (QED) is 0.836. The van der Waals surface area contributed by atoms with Gasteiger partial charge in [0, 0.05) is 11.6 Å². The van der Waals surface area contributed by atoms with Gasteiger partial charge in [-0.3, -0.25) is 0 Å². The van der Waals surface area contributed by atoms with Crippen LogP contribution in [0.15, 0.2) is 24.3 Å². The van der Waals surface area contributed by atoms with E-state index < -0.39 is 0 Å². The highest BCUT2D eigenvalue weighted by atomic mass is 19.1. The molecule has 1 aromatic rings. The van der Waals surface area contributed by atoms with E-state index in [4.69, 9.17) is 4.74 Å². The van der Waals surface area contributed by atoms with E-state index in [2.05, 4.69) is 12.2 Å². The summed E-state index contributed by atoms with van der Waals surface area (Å²) in [4.78, 5) is 0. The lowest BCUT2D eigenvalue weighted by molar-refractivity contribution is -0.0714. The summed E-state index contributed by atoms with van der Waals surface area (Å²) < 4.78 is 19.1. The van der Waals surface area contributed by atoms with Crippen LogP contribution in [-0.4, -0.2) is 18.2 Å². The summed E-state index contributed by atoms with van der Waals surface area (Å²) in [5, 5.41) is 3.78. The summed E-state index contributed by atoms with van der Waals surface area (Å²) in [6.07, 6.45) is 6.41. The fourth-order valence-electron chi connectivity index (χ4n) is 3.55. The average Bonchev–Trinajstić information content (AvgIpc) is 2.41. The van der Waals surface area contributed by atoms with Gasteiger partial charge in [0.2, 0.25) is 0 Å². The molecule has 0 bridgehead atoms. The fraction of sp³-hybridized carbons (Fsp3) is 0.625. The molecule has 2 fully saturated rings. The Labute approximate surface area is 114 Å². The molecule has 1 heterocycles. The predicted octanol–water partition coefficient (Wildman–Crippen LogP) is 3.58. The van der Waals surface area contributed by atoms with E-state index in [-0.39, 0.29) is 23.5 Å². The molecule has 1 spiro atoms. The molecule has 1 saturated heterocycles. The first kappa shape index (κ1) is 13.1. The number of ether oxygens (including phenoxy) is 1. The molecular formula is C16H22FNO. The minimum absolute atomic E-state index is 0.0353. The summed E-state index contributed by atoms with van der Waals surface area (Å²) in [5.74, 6) is -0.191. The van der Waals surface area contributed by atoms with Crippen LogP contribution in [0.25, 0.3) is 0 Å². The van der Waals surface area contributed by atoms with Crippen molar-refractivity contribution in [3.8, 4) is 0 Å². The minimum atomic E-state index is -0.191. The first-order valence-corrected chi connectivity index (χ1v) is 7.33. The lowest BCUT2D eigenvalue weighted by Gasteiger charge is -2.47. The molecule has 0 radical (unpaired) electrons. The Morgan fingerprint density at radius 2 is 1.84 bits per heavy atom. The van der Waals surface area contributed by atoms with Crippen molar-refractivity contribution >= 4 is 0 Å². The van der Waals surface area contributed by atoms with Gasteiger partial charge in [0.25, 0.3) is 0 Å². The standard InChI is InChI=1S/C16H22FNO/c1-12-15(13-5-7-14(17)8-6-13)19-11-16(18-12)9-3-2-4-10-16/h5-8,12,15,18H,2-4,9-11H2,1H3. The number of nitrogens with one attached hydrogen (secondary N) is 1. The minimum Gasteiger partial charge on any atom is -0.370 e. The van der Waals surface area contributed by atoms with Crippen LogP contribution in [0.3, 0.4) is 0 Å². The van der Waals surface area contributed by atoms with E-state index in [0.29, 0.717) is 0 Å². The average molecular weight is 263 g/mol. The second kappa shape index (κ2) is 5.22. The van der Waals surface area contributed by atoms with Crippen LogP contribution in [0.4, 0.5) is 4.39 Å². The van der Waals surface area contributed by atoms with Crippen LogP contribution >= 0.6 is 0 Å². The van der Waals surface area contributed by atoms with Crippen LogP contribution in [-0.2, 0) is 4.74 Å². The van der Waals surface area contributed by atoms with Gasteiger partial charge in [-0.15, -0.1) is 0 Å². The topological polar surface area (TPSA) is 21.3 Å². The van der Waals surface area contributed by atoms with Crippen molar-refractivity contribution in [3.05, 3.63) is 35.6 Å². The van der Waals surface area contributed by atoms with Gasteiger partial charge in [-0.2, -0.15) is 0 Å². The second-order valence-corrected chi connectivity index (χ2v) is 6.06. The molecule has 2 aliphatic rings. The van der Waals surface area contributed by atoms with E-state index >= 15 is 0 Å². The molecule has 3 rings (SSSR count).